The van der Waals surface area contributed by atoms with Gasteiger partial charge < -0.3 is 13.3 Å². The zero-order valence-corrected chi connectivity index (χ0v) is 68.5. The van der Waals surface area contributed by atoms with E-state index in [0.29, 0.717) is 26.8 Å². The van der Waals surface area contributed by atoms with E-state index in [1.54, 1.807) is 13.0 Å². The van der Waals surface area contributed by atoms with Crippen LogP contribution in [0.4, 0.5) is 4.39 Å². The van der Waals surface area contributed by atoms with Crippen molar-refractivity contribution in [2.45, 2.75) is 173 Å². The first-order chi connectivity index (χ1) is 47.8. The molecule has 0 atom stereocenters. The highest BCUT2D eigenvalue weighted by atomic mass is 28.3. The highest BCUT2D eigenvalue weighted by Crippen LogP contribution is 2.45. The lowest BCUT2D eigenvalue weighted by molar-refractivity contribution is -0.633. The van der Waals surface area contributed by atoms with E-state index in [2.05, 4.69) is 318 Å². The van der Waals surface area contributed by atoms with Crippen molar-refractivity contribution in [2.75, 3.05) is 0 Å². The number of aryl methyl sites for hydroxylation is 10. The van der Waals surface area contributed by atoms with Gasteiger partial charge in [-0.05, 0) is 177 Å². The molecule has 10 heteroatoms. The molecule has 0 amide bonds. The summed E-state index contributed by atoms with van der Waals surface area (Å²) in [6.45, 7) is 53.3. The maximum Gasteiger partial charge on any atom is 0.217 e. The third-order valence-corrected chi connectivity index (χ3v) is 40.9. The Balaban J connectivity index is 0.000000137. The van der Waals surface area contributed by atoms with Crippen LogP contribution in [0.15, 0.2) is 171 Å². The molecule has 6 aromatic heterocycles. The van der Waals surface area contributed by atoms with E-state index in [9.17, 15) is 4.39 Å². The molecule has 0 N–H and O–H groups in total. The number of nitrogens with zero attached hydrogens (tertiary/aromatic N) is 3. The molecule has 6 nitrogen and oxygen atoms in total. The van der Waals surface area contributed by atoms with E-state index in [1.165, 1.54) is 137 Å². The van der Waals surface area contributed by atoms with E-state index in [-0.39, 0.29) is 5.82 Å². The van der Waals surface area contributed by atoms with Gasteiger partial charge in [-0.25, -0.2) is 4.39 Å². The summed E-state index contributed by atoms with van der Waals surface area (Å²) in [6.07, 6.45) is 0. The first-order valence-corrected chi connectivity index (χ1v) is 45.7. The molecule has 102 heavy (non-hydrogen) atoms. The Kier molecular flexibility index (Phi) is 17.9. The number of benzene rings is 9. The molecule has 6 heterocycles. The van der Waals surface area contributed by atoms with Crippen molar-refractivity contribution in [1.82, 2.24) is 0 Å². The van der Waals surface area contributed by atoms with Gasteiger partial charge in [-0.2, -0.15) is 13.7 Å². The summed E-state index contributed by atoms with van der Waals surface area (Å²) in [5.74, 6) is -0.234. The van der Waals surface area contributed by atoms with Crippen LogP contribution in [-0.4, -0.2) is 24.2 Å². The molecule has 0 spiro atoms. The minimum atomic E-state index is -1.61. The molecule has 15 aromatic rings. The van der Waals surface area contributed by atoms with Crippen molar-refractivity contribution in [3.8, 4) is 33.8 Å². The van der Waals surface area contributed by atoms with Crippen LogP contribution in [0.25, 0.3) is 132 Å². The number of pyridine rings is 3. The maximum absolute atomic E-state index is 14.4. The standard InChI is InChI=1S/C31H35FNOSi.C31H36NOSi.C30H34NOSi/c1-17(2)35(8,9)22-10-13-27-24(16-22)19(4)15-28(33(27)7)29-20(5)18(3)14-25-23-11-12-26(32)21(6)30(23)34-31(25)29;1-19-16-25-23-12-10-11-13-28(23)33-30(25)29(21(19)3)27-17-20(2)24-18-22(14-15-26(24)32(27)7)34(8,9)31(4,5)6;1-19-13-15-23-22-11-9-10-12-27(22)32-29(23)28(19)26-17-20(2)24-18-21(14-16-25(24)31(26)6)33(7,8)30(3,4)5/h10-17H,1-9H3;10-18H,1-9H3;9-18H,1-8H3/q3*+1. The van der Waals surface area contributed by atoms with Crippen molar-refractivity contribution in [3.63, 3.8) is 0 Å². The number of hydrogen-bond donors (Lipinski definition) is 0. The first kappa shape index (κ1) is 71.6. The summed E-state index contributed by atoms with van der Waals surface area (Å²) < 4.78 is 40.7. The smallest absolute Gasteiger partial charge is 0.217 e. The predicted molar refractivity (Wildman–Crippen MR) is 442 cm³/mol. The van der Waals surface area contributed by atoms with Gasteiger partial charge in [-0.15, -0.1) is 0 Å². The van der Waals surface area contributed by atoms with Crippen LogP contribution in [0, 0.1) is 68.1 Å². The second-order valence-electron chi connectivity index (χ2n) is 33.8. The van der Waals surface area contributed by atoms with Gasteiger partial charge in [0.05, 0.1) is 40.9 Å². The quantitative estimate of drug-likeness (QED) is 0.118. The Bertz CT molecular complexity index is 5960. The molecule has 0 radical (unpaired) electrons. The first-order valence-electron chi connectivity index (χ1n) is 36.6. The maximum atomic E-state index is 14.4. The number of halogens is 1. The number of hydrogen-bond acceptors (Lipinski definition) is 3. The van der Waals surface area contributed by atoms with Gasteiger partial charge in [0, 0.05) is 90.4 Å². The fourth-order valence-corrected chi connectivity index (χ4v) is 20.7. The number of fused-ring (bicyclic) bond motifs is 12. The Labute approximate surface area is 606 Å². The van der Waals surface area contributed by atoms with Crippen LogP contribution < -0.4 is 29.3 Å². The molecule has 0 aliphatic heterocycles. The summed E-state index contributed by atoms with van der Waals surface area (Å²) in [7, 11) is 1.78. The minimum Gasteiger partial charge on any atom is -0.455 e. The molecule has 0 unspecified atom stereocenters. The molecule has 0 fully saturated rings. The largest absolute Gasteiger partial charge is 0.455 e. The van der Waals surface area contributed by atoms with Gasteiger partial charge in [0.15, 0.2) is 0 Å². The van der Waals surface area contributed by atoms with Crippen molar-refractivity contribution in [2.24, 2.45) is 21.1 Å². The molecule has 0 saturated heterocycles. The molecular formula is C92H105FN3O3Si3+3. The molecule has 0 bridgehead atoms. The molecule has 0 saturated carbocycles. The van der Waals surface area contributed by atoms with E-state index in [0.717, 1.165) is 49.9 Å². The summed E-state index contributed by atoms with van der Waals surface area (Å²) in [4.78, 5) is 0. The summed E-state index contributed by atoms with van der Waals surface area (Å²) in [5.41, 5.74) is 27.4. The van der Waals surface area contributed by atoms with E-state index in [1.807, 2.05) is 18.2 Å². The van der Waals surface area contributed by atoms with Gasteiger partial charge in [0.1, 0.15) is 60.5 Å². The third-order valence-electron chi connectivity index (χ3n) is 25.2. The van der Waals surface area contributed by atoms with Gasteiger partial charge in [0.25, 0.3) is 0 Å². The zero-order valence-electron chi connectivity index (χ0n) is 65.5. The van der Waals surface area contributed by atoms with Crippen LogP contribution in [0.3, 0.4) is 0 Å². The van der Waals surface area contributed by atoms with Crippen molar-refractivity contribution in [3.05, 3.63) is 214 Å². The second-order valence-corrected chi connectivity index (χ2v) is 49.6. The van der Waals surface area contributed by atoms with E-state index < -0.39 is 24.2 Å². The number of para-hydroxylation sites is 2. The Morgan fingerprint density at radius 2 is 0.696 bits per heavy atom. The van der Waals surface area contributed by atoms with Gasteiger partial charge in [0.2, 0.25) is 33.6 Å². The highest BCUT2D eigenvalue weighted by Gasteiger charge is 2.40. The highest BCUT2D eigenvalue weighted by molar-refractivity contribution is 6.93. The van der Waals surface area contributed by atoms with Crippen LogP contribution >= 0.6 is 0 Å². The number of furan rings is 3. The lowest BCUT2D eigenvalue weighted by atomic mass is 9.94. The van der Waals surface area contributed by atoms with Crippen molar-refractivity contribution in [1.29, 1.82) is 0 Å². The minimum absolute atomic E-state index is 0.234. The molecule has 0 aliphatic rings. The fourth-order valence-electron chi connectivity index (χ4n) is 15.3. The van der Waals surface area contributed by atoms with Crippen molar-refractivity contribution < 1.29 is 31.3 Å². The summed E-state index contributed by atoms with van der Waals surface area (Å²) in [5, 5.41) is 15.9. The Morgan fingerprint density at radius 1 is 0.333 bits per heavy atom. The molecule has 0 aliphatic carbocycles. The van der Waals surface area contributed by atoms with E-state index in [4.69, 9.17) is 13.3 Å². The lowest BCUT2D eigenvalue weighted by Crippen LogP contribution is -2.49. The third kappa shape index (κ3) is 11.7. The lowest BCUT2D eigenvalue weighted by Gasteiger charge is -2.37. The summed E-state index contributed by atoms with van der Waals surface area (Å²) >= 11 is 0. The fraction of sp³-hybridized carbons (Fsp3) is 0.315. The van der Waals surface area contributed by atoms with Crippen LogP contribution in [0.1, 0.15) is 105 Å². The molecule has 522 valence electrons. The van der Waals surface area contributed by atoms with Crippen LogP contribution in [-0.2, 0) is 21.1 Å². The van der Waals surface area contributed by atoms with Crippen LogP contribution in [0.5, 0.6) is 0 Å². The molecule has 9 aromatic carbocycles. The predicted octanol–water partition coefficient (Wildman–Crippen LogP) is 23.4. The zero-order chi connectivity index (χ0) is 73.7. The van der Waals surface area contributed by atoms with E-state index >= 15 is 0 Å². The monoisotopic (exact) mass is 1400 g/mol. The Hall–Kier alpha value is -8.81. The van der Waals surface area contributed by atoms with Crippen molar-refractivity contribution >= 4 is 138 Å². The average Bonchev–Trinajstić information content (AvgIpc) is 1.37. The normalized spacial score (nSPS) is 12.7. The SMILES string of the molecule is Cc1cc2c(oc3c(C)c(F)ccc32)c(-c2cc(C)c3cc([Si](C)(C)C(C)C)ccc3[n+]2C)c1C.Cc1cc2c(oc3ccccc32)c(-c2cc(C)c3cc([Si](C)(C)C(C)(C)C)ccc3[n+]2C)c1C.Cc1ccc2c(oc3ccccc32)c1-c1cc(C)c2cc([Si](C)(C)C(C)(C)C)ccc2[n+]1C. The summed E-state index contributed by atoms with van der Waals surface area (Å²) in [6, 6.07) is 57.3. The molecule has 15 rings (SSSR count). The van der Waals surface area contributed by atoms with Gasteiger partial charge >= 0.3 is 0 Å². The van der Waals surface area contributed by atoms with Gasteiger partial charge in [-0.3, -0.25) is 0 Å². The topological polar surface area (TPSA) is 51.1 Å². The van der Waals surface area contributed by atoms with Crippen LogP contribution in [0.2, 0.25) is 54.9 Å². The number of rotatable bonds is 7. The molecular weight excluding hydrogens is 1300 g/mol. The Morgan fingerprint density at radius 3 is 1.14 bits per heavy atom. The number of aromatic nitrogens is 3. The van der Waals surface area contributed by atoms with Gasteiger partial charge in [-0.1, -0.05) is 177 Å². The average molecular weight is 1400 g/mol. The second kappa shape index (κ2) is 25.6.